The molecule has 12 nitrogen and oxygen atoms in total. The standard InChI is InChI=1S/C37H47N7O5/c38-36(44-37(49)41-24-23-39-33(46)29-15-8-3-9-16-29)40-22-10-17-31(34(47)42-25-26-18-20-30(45)21-19-26)43-35(48)32(27-11-4-1-5-12-27)28-13-6-2-7-14-28/h1-2,4-7,11-14,18-21,29,31-32,45H,3,8-10,15-17,22-25H2,(H,39,46)(H,42,47)(H,43,48)(H4,38,40,41,44,49)/t31-/m1/s1. The van der Waals surface area contributed by atoms with E-state index in [0.29, 0.717) is 13.0 Å². The molecule has 1 aliphatic rings. The number of carbonyl (C=O) groups is 4. The number of phenols is 1. The van der Waals surface area contributed by atoms with Gasteiger partial charge in [0, 0.05) is 32.1 Å². The lowest BCUT2D eigenvalue weighted by Gasteiger charge is -2.23. The molecule has 3 aromatic carbocycles. The fraction of sp³-hybridized carbons (Fsp3) is 0.378. The predicted octanol–water partition coefficient (Wildman–Crippen LogP) is 3.42. The van der Waals surface area contributed by atoms with Crippen LogP contribution in [0.1, 0.15) is 67.6 Å². The van der Waals surface area contributed by atoms with Gasteiger partial charge in [-0.15, -0.1) is 0 Å². The average molecular weight is 670 g/mol. The Hall–Kier alpha value is -5.39. The van der Waals surface area contributed by atoms with Crippen molar-refractivity contribution < 1.29 is 24.3 Å². The summed E-state index contributed by atoms with van der Waals surface area (Å²) in [5, 5.41) is 23.4. The Bertz CT molecular complexity index is 1490. The zero-order chi connectivity index (χ0) is 34.8. The summed E-state index contributed by atoms with van der Waals surface area (Å²) < 4.78 is 0. The molecule has 1 saturated carbocycles. The third-order valence-corrected chi connectivity index (χ3v) is 8.42. The number of hydrogen-bond donors (Lipinski definition) is 7. The van der Waals surface area contributed by atoms with Gasteiger partial charge in [0.05, 0.1) is 5.92 Å². The molecule has 49 heavy (non-hydrogen) atoms. The smallest absolute Gasteiger partial charge is 0.321 e. The van der Waals surface area contributed by atoms with E-state index in [4.69, 9.17) is 5.73 Å². The van der Waals surface area contributed by atoms with Gasteiger partial charge in [0.2, 0.25) is 17.7 Å². The van der Waals surface area contributed by atoms with Gasteiger partial charge in [-0.05, 0) is 54.5 Å². The zero-order valence-corrected chi connectivity index (χ0v) is 27.7. The number of nitrogens with zero attached hydrogens (tertiary/aromatic N) is 1. The summed E-state index contributed by atoms with van der Waals surface area (Å²) in [6.45, 7) is 0.963. The van der Waals surface area contributed by atoms with Gasteiger partial charge in [0.15, 0.2) is 5.96 Å². The minimum Gasteiger partial charge on any atom is -0.508 e. The number of nitrogens with two attached hydrogens (primary N) is 1. The average Bonchev–Trinajstić information content (AvgIpc) is 3.12. The summed E-state index contributed by atoms with van der Waals surface area (Å²) in [6, 6.07) is 23.8. The lowest BCUT2D eigenvalue weighted by Crippen LogP contribution is -2.48. The molecule has 8 N–H and O–H groups in total. The number of aromatic hydroxyl groups is 1. The molecule has 0 heterocycles. The third-order valence-electron chi connectivity index (χ3n) is 8.42. The van der Waals surface area contributed by atoms with Crippen LogP contribution in [0.3, 0.4) is 0 Å². The monoisotopic (exact) mass is 669 g/mol. The Kier molecular flexibility index (Phi) is 14.5. The van der Waals surface area contributed by atoms with E-state index >= 15 is 0 Å². The summed E-state index contributed by atoms with van der Waals surface area (Å²) in [4.78, 5) is 55.9. The molecule has 1 atom stereocenters. The number of urea groups is 1. The first-order valence-corrected chi connectivity index (χ1v) is 16.9. The van der Waals surface area contributed by atoms with Gasteiger partial charge >= 0.3 is 6.03 Å². The molecule has 1 aliphatic carbocycles. The van der Waals surface area contributed by atoms with Crippen molar-refractivity contribution in [2.24, 2.45) is 16.6 Å². The van der Waals surface area contributed by atoms with E-state index in [0.717, 1.165) is 42.4 Å². The number of guanidine groups is 1. The highest BCUT2D eigenvalue weighted by molar-refractivity contribution is 5.95. The SMILES string of the molecule is NC(=NCCC[C@@H](NC(=O)C(c1ccccc1)c1ccccc1)C(=O)NCc1ccc(O)cc1)NC(=O)NCCNC(=O)C1CCCCC1. The lowest BCUT2D eigenvalue weighted by molar-refractivity contribution is -0.129. The van der Waals surface area contributed by atoms with Crippen LogP contribution in [0.2, 0.25) is 0 Å². The Balaban J connectivity index is 1.31. The quantitative estimate of drug-likeness (QED) is 0.0738. The fourth-order valence-corrected chi connectivity index (χ4v) is 5.80. The van der Waals surface area contributed by atoms with Gasteiger partial charge in [0.25, 0.3) is 0 Å². The van der Waals surface area contributed by atoms with E-state index in [9.17, 15) is 24.3 Å². The van der Waals surface area contributed by atoms with Crippen LogP contribution < -0.4 is 32.3 Å². The van der Waals surface area contributed by atoms with Crippen molar-refractivity contribution in [2.75, 3.05) is 19.6 Å². The Morgan fingerprint density at radius 1 is 0.776 bits per heavy atom. The number of hydrogen-bond acceptors (Lipinski definition) is 6. The summed E-state index contributed by atoms with van der Waals surface area (Å²) in [6.07, 6.45) is 5.78. The number of aliphatic imine (C=N–C) groups is 1. The van der Waals surface area contributed by atoms with Crippen LogP contribution in [0.5, 0.6) is 5.75 Å². The molecule has 1 fully saturated rings. The maximum Gasteiger partial charge on any atom is 0.321 e. The highest BCUT2D eigenvalue weighted by atomic mass is 16.3. The van der Waals surface area contributed by atoms with Crippen molar-refractivity contribution >= 4 is 29.7 Å². The van der Waals surface area contributed by atoms with Gasteiger partial charge in [-0.1, -0.05) is 92.1 Å². The lowest BCUT2D eigenvalue weighted by atomic mass is 9.89. The molecule has 4 rings (SSSR count). The largest absolute Gasteiger partial charge is 0.508 e. The molecule has 0 bridgehead atoms. The van der Waals surface area contributed by atoms with Crippen molar-refractivity contribution in [3.8, 4) is 5.75 Å². The van der Waals surface area contributed by atoms with Gasteiger partial charge < -0.3 is 32.1 Å². The van der Waals surface area contributed by atoms with Crippen LogP contribution in [0, 0.1) is 5.92 Å². The Morgan fingerprint density at radius 2 is 1.39 bits per heavy atom. The van der Waals surface area contributed by atoms with E-state index < -0.39 is 18.0 Å². The van der Waals surface area contributed by atoms with Crippen molar-refractivity contribution in [1.29, 1.82) is 0 Å². The van der Waals surface area contributed by atoms with E-state index in [1.807, 2.05) is 60.7 Å². The van der Waals surface area contributed by atoms with Crippen LogP contribution in [0.25, 0.3) is 0 Å². The maximum atomic E-state index is 13.8. The van der Waals surface area contributed by atoms with E-state index in [1.165, 1.54) is 18.6 Å². The van der Waals surface area contributed by atoms with Crippen LogP contribution in [-0.4, -0.2) is 60.5 Å². The molecule has 0 aromatic heterocycles. The topological polar surface area (TPSA) is 187 Å². The number of nitrogens with one attached hydrogen (secondary N) is 5. The van der Waals surface area contributed by atoms with E-state index in [2.05, 4.69) is 31.6 Å². The van der Waals surface area contributed by atoms with Crippen molar-refractivity contribution in [3.05, 3.63) is 102 Å². The van der Waals surface area contributed by atoms with Gasteiger partial charge in [0.1, 0.15) is 11.8 Å². The number of carbonyl (C=O) groups excluding carboxylic acids is 4. The minimum atomic E-state index is -0.879. The molecule has 0 radical (unpaired) electrons. The molecule has 12 heteroatoms. The van der Waals surface area contributed by atoms with Crippen molar-refractivity contribution in [1.82, 2.24) is 26.6 Å². The Labute approximate surface area is 287 Å². The van der Waals surface area contributed by atoms with Gasteiger partial charge in [-0.25, -0.2) is 4.79 Å². The molecule has 0 unspecified atom stereocenters. The molecular formula is C37H47N7O5. The number of phenolic OH excluding ortho intramolecular Hbond substituents is 1. The second-order valence-corrected chi connectivity index (χ2v) is 12.1. The molecule has 260 valence electrons. The zero-order valence-electron chi connectivity index (χ0n) is 27.7. The Morgan fingerprint density at radius 3 is 2.02 bits per heavy atom. The van der Waals surface area contributed by atoms with Crippen LogP contribution >= 0.6 is 0 Å². The van der Waals surface area contributed by atoms with Crippen molar-refractivity contribution in [2.45, 2.75) is 63.5 Å². The van der Waals surface area contributed by atoms with Crippen LogP contribution in [0.15, 0.2) is 89.9 Å². The summed E-state index contributed by atoms with van der Waals surface area (Å²) >= 11 is 0. The number of rotatable bonds is 15. The number of benzene rings is 3. The predicted molar refractivity (Wildman–Crippen MR) is 188 cm³/mol. The first kappa shape index (κ1) is 36.4. The molecular weight excluding hydrogens is 622 g/mol. The normalized spacial score (nSPS) is 14.0. The van der Waals surface area contributed by atoms with Crippen LogP contribution in [-0.2, 0) is 20.9 Å². The highest BCUT2D eigenvalue weighted by Crippen LogP contribution is 2.25. The minimum absolute atomic E-state index is 0.0298. The van der Waals surface area contributed by atoms with Gasteiger partial charge in [-0.3, -0.25) is 24.7 Å². The van der Waals surface area contributed by atoms with Crippen LogP contribution in [0.4, 0.5) is 4.79 Å². The first-order chi connectivity index (χ1) is 23.8. The van der Waals surface area contributed by atoms with Crippen molar-refractivity contribution in [3.63, 3.8) is 0 Å². The molecule has 0 saturated heterocycles. The second-order valence-electron chi connectivity index (χ2n) is 12.1. The number of amides is 5. The van der Waals surface area contributed by atoms with E-state index in [-0.39, 0.29) is 61.4 Å². The maximum absolute atomic E-state index is 13.8. The third kappa shape index (κ3) is 12.3. The summed E-state index contributed by atoms with van der Waals surface area (Å²) in [5.41, 5.74) is 8.29. The summed E-state index contributed by atoms with van der Waals surface area (Å²) in [7, 11) is 0. The summed E-state index contributed by atoms with van der Waals surface area (Å²) in [5.74, 6) is -1.20. The van der Waals surface area contributed by atoms with Gasteiger partial charge in [-0.2, -0.15) is 0 Å². The molecule has 0 aliphatic heterocycles. The molecule has 0 spiro atoms. The molecule has 5 amide bonds. The second kappa shape index (κ2) is 19.4. The van der Waals surface area contributed by atoms with E-state index in [1.54, 1.807) is 12.1 Å². The highest BCUT2D eigenvalue weighted by Gasteiger charge is 2.28. The fourth-order valence-electron chi connectivity index (χ4n) is 5.80. The molecule has 3 aromatic rings. The first-order valence-electron chi connectivity index (χ1n) is 16.9.